The maximum absolute atomic E-state index is 14.2. The summed E-state index contributed by atoms with van der Waals surface area (Å²) in [5.41, 5.74) is -0.636. The predicted molar refractivity (Wildman–Crippen MR) is 135 cm³/mol. The summed E-state index contributed by atoms with van der Waals surface area (Å²) in [5.74, 6) is -6.85. The van der Waals surface area contributed by atoms with Gasteiger partial charge in [-0.05, 0) is 56.0 Å². The fourth-order valence-electron chi connectivity index (χ4n) is 7.09. The number of ether oxygens (including phenoxy) is 1. The number of benzene rings is 1. The minimum Gasteiger partial charge on any atom is -0.463 e. The van der Waals surface area contributed by atoms with Crippen LogP contribution in [0.2, 0.25) is 5.02 Å². The van der Waals surface area contributed by atoms with E-state index in [1.807, 2.05) is 0 Å². The van der Waals surface area contributed by atoms with Gasteiger partial charge in [0.1, 0.15) is 23.9 Å². The number of furan rings is 1. The first kappa shape index (κ1) is 26.4. The van der Waals surface area contributed by atoms with Gasteiger partial charge in [0, 0.05) is 0 Å². The van der Waals surface area contributed by atoms with E-state index in [9.17, 15) is 33.5 Å². The van der Waals surface area contributed by atoms with Gasteiger partial charge in [0.25, 0.3) is 0 Å². The van der Waals surface area contributed by atoms with Crippen LogP contribution in [0.1, 0.15) is 37.2 Å². The Bertz CT molecular complexity index is 1530. The van der Waals surface area contributed by atoms with E-state index in [-0.39, 0.29) is 29.3 Å². The Morgan fingerprint density at radius 3 is 2.55 bits per heavy atom. The summed E-state index contributed by atoms with van der Waals surface area (Å²) in [6, 6.07) is 6.74. The third kappa shape index (κ3) is 3.40. The summed E-state index contributed by atoms with van der Waals surface area (Å²) >= 11 is 5.98. The lowest BCUT2D eigenvalue weighted by molar-refractivity contribution is -0.138. The van der Waals surface area contributed by atoms with Crippen LogP contribution in [0.15, 0.2) is 46.4 Å². The van der Waals surface area contributed by atoms with Gasteiger partial charge in [0.15, 0.2) is 0 Å². The SMILES string of the molecule is COC(=O)N1C(=O)C2CC=C3C(CC4C(=O)N(c5ccc(F)c(Cl)c5)C(=O)C4(C)C3c3ccc(CO)o3)C2C1=O. The normalized spacial score (nSPS) is 31.2. The number of halogens is 2. The Balaban J connectivity index is 1.50. The smallest absolute Gasteiger partial charge is 0.423 e. The van der Waals surface area contributed by atoms with Crippen LogP contribution in [0.25, 0.3) is 0 Å². The molecule has 0 spiro atoms. The Kier molecular flexibility index (Phi) is 6.01. The number of rotatable bonds is 3. The molecular weight excluding hydrogens is 547 g/mol. The second-order valence-electron chi connectivity index (χ2n) is 10.7. The van der Waals surface area contributed by atoms with Crippen LogP contribution in [0.5, 0.6) is 0 Å². The zero-order valence-electron chi connectivity index (χ0n) is 21.4. The number of imide groups is 4. The molecule has 3 heterocycles. The third-order valence-electron chi connectivity index (χ3n) is 8.92. The molecule has 6 unspecified atom stereocenters. The number of carbonyl (C=O) groups is 5. The van der Waals surface area contributed by atoms with Crippen LogP contribution in [-0.4, -0.2) is 46.8 Å². The summed E-state index contributed by atoms with van der Waals surface area (Å²) in [7, 11) is 1.07. The number of allylic oxidation sites excluding steroid dienone is 2. The summed E-state index contributed by atoms with van der Waals surface area (Å²) < 4.78 is 24.5. The molecule has 1 aromatic carbocycles. The summed E-state index contributed by atoms with van der Waals surface area (Å²) in [6.07, 6.45) is 0.907. The molecule has 1 N–H and O–H groups in total. The van der Waals surface area contributed by atoms with E-state index in [1.54, 1.807) is 25.1 Å². The molecule has 2 aliphatic heterocycles. The Labute approximate surface area is 232 Å². The van der Waals surface area contributed by atoms with Crippen molar-refractivity contribution in [3.8, 4) is 0 Å². The first-order valence-electron chi connectivity index (χ1n) is 12.7. The lowest BCUT2D eigenvalue weighted by Crippen LogP contribution is -2.48. The monoisotopic (exact) mass is 570 g/mol. The average molecular weight is 571 g/mol. The van der Waals surface area contributed by atoms with Crippen molar-refractivity contribution in [3.05, 3.63) is 64.3 Å². The van der Waals surface area contributed by atoms with Crippen LogP contribution < -0.4 is 4.90 Å². The Hall–Kier alpha value is -3.83. The molecule has 40 heavy (non-hydrogen) atoms. The molecule has 2 aromatic rings. The highest BCUT2D eigenvalue weighted by Crippen LogP contribution is 2.63. The number of hydrogen-bond donors (Lipinski definition) is 1. The minimum atomic E-state index is -1.38. The van der Waals surface area contributed by atoms with Crippen LogP contribution >= 0.6 is 11.6 Å². The summed E-state index contributed by atoms with van der Waals surface area (Å²) in [4.78, 5) is 68.5. The fraction of sp³-hybridized carbons (Fsp3) is 0.393. The molecule has 1 saturated carbocycles. The number of fused-ring (bicyclic) bond motifs is 4. The van der Waals surface area contributed by atoms with E-state index in [2.05, 4.69) is 4.74 Å². The number of amides is 5. The zero-order valence-corrected chi connectivity index (χ0v) is 22.2. The lowest BCUT2D eigenvalue weighted by Gasteiger charge is -2.48. The maximum atomic E-state index is 14.2. The molecule has 1 aromatic heterocycles. The molecular formula is C28H24ClFN2O8. The van der Waals surface area contributed by atoms with E-state index in [0.717, 1.165) is 18.1 Å². The van der Waals surface area contributed by atoms with Crippen molar-refractivity contribution in [2.75, 3.05) is 12.0 Å². The molecule has 6 atom stereocenters. The first-order valence-corrected chi connectivity index (χ1v) is 13.1. The number of likely N-dealkylation sites (tertiary alicyclic amines) is 1. The van der Waals surface area contributed by atoms with Crippen LogP contribution in [0.4, 0.5) is 14.9 Å². The van der Waals surface area contributed by atoms with E-state index in [0.29, 0.717) is 16.2 Å². The van der Waals surface area contributed by atoms with Gasteiger partial charge < -0.3 is 14.3 Å². The van der Waals surface area contributed by atoms with Gasteiger partial charge in [0.2, 0.25) is 23.6 Å². The Morgan fingerprint density at radius 2 is 1.90 bits per heavy atom. The van der Waals surface area contributed by atoms with E-state index in [4.69, 9.17) is 16.0 Å². The number of hydrogen-bond acceptors (Lipinski definition) is 8. The molecule has 5 amide bonds. The second kappa shape index (κ2) is 9.10. The quantitative estimate of drug-likeness (QED) is 0.437. The van der Waals surface area contributed by atoms with Crippen molar-refractivity contribution in [1.29, 1.82) is 0 Å². The van der Waals surface area contributed by atoms with Crippen LogP contribution in [0.3, 0.4) is 0 Å². The van der Waals surface area contributed by atoms with Gasteiger partial charge in [-0.25, -0.2) is 14.1 Å². The number of carbonyl (C=O) groups excluding carboxylic acids is 5. The van der Waals surface area contributed by atoms with Gasteiger partial charge in [-0.1, -0.05) is 23.3 Å². The van der Waals surface area contributed by atoms with E-state index < -0.39 is 77.2 Å². The zero-order chi connectivity index (χ0) is 28.7. The maximum Gasteiger partial charge on any atom is 0.423 e. The predicted octanol–water partition coefficient (Wildman–Crippen LogP) is 3.56. The fourth-order valence-corrected chi connectivity index (χ4v) is 7.27. The molecule has 3 fully saturated rings. The van der Waals surface area contributed by atoms with E-state index >= 15 is 0 Å². The molecule has 208 valence electrons. The van der Waals surface area contributed by atoms with Crippen molar-refractivity contribution in [3.63, 3.8) is 0 Å². The van der Waals surface area contributed by atoms with E-state index in [1.165, 1.54) is 12.1 Å². The second-order valence-corrected chi connectivity index (χ2v) is 11.1. The highest BCUT2D eigenvalue weighted by Gasteiger charge is 2.68. The number of nitrogens with zero attached hydrogens (tertiary/aromatic N) is 2. The molecule has 0 bridgehead atoms. The van der Waals surface area contributed by atoms with Crippen molar-refractivity contribution >= 4 is 47.0 Å². The number of aliphatic hydroxyl groups excluding tert-OH is 1. The number of anilines is 1. The van der Waals surface area contributed by atoms with Gasteiger partial charge in [-0.15, -0.1) is 0 Å². The summed E-state index contributed by atoms with van der Waals surface area (Å²) in [6.45, 7) is 1.26. The topological polar surface area (TPSA) is 134 Å². The molecule has 2 aliphatic carbocycles. The van der Waals surface area contributed by atoms with Crippen molar-refractivity contribution < 1.29 is 42.6 Å². The van der Waals surface area contributed by atoms with Crippen LogP contribution in [0, 0.1) is 34.9 Å². The molecule has 6 rings (SSSR count). The molecule has 2 saturated heterocycles. The largest absolute Gasteiger partial charge is 0.463 e. The number of methoxy groups -OCH3 is 1. The molecule has 12 heteroatoms. The van der Waals surface area contributed by atoms with Gasteiger partial charge in [0.05, 0.1) is 46.9 Å². The highest BCUT2D eigenvalue weighted by molar-refractivity contribution is 6.31. The third-order valence-corrected chi connectivity index (χ3v) is 9.21. The van der Waals surface area contributed by atoms with Gasteiger partial charge in [-0.3, -0.25) is 19.2 Å². The highest BCUT2D eigenvalue weighted by atomic mass is 35.5. The lowest BCUT2D eigenvalue weighted by atomic mass is 9.52. The van der Waals surface area contributed by atoms with Gasteiger partial charge >= 0.3 is 6.09 Å². The minimum absolute atomic E-state index is 0.0532. The molecule has 10 nitrogen and oxygen atoms in total. The standard InChI is InChI=1S/C28H24ClFN2O8/c1-28-17(24(35)31(26(28)37)12-3-7-19(30)18(29)9-12)10-16-14(22(28)20-8-4-13(11-33)40-20)5-6-15-21(16)25(36)32(23(15)34)27(38)39-2/h3-5,7-9,15-17,21-22,33H,6,10-11H2,1-2H3. The van der Waals surface area contributed by atoms with Crippen LogP contribution in [-0.2, 0) is 30.5 Å². The molecule has 4 aliphatic rings. The van der Waals surface area contributed by atoms with Crippen molar-refractivity contribution in [1.82, 2.24) is 4.90 Å². The first-order chi connectivity index (χ1) is 19.0. The van der Waals surface area contributed by atoms with Crippen molar-refractivity contribution in [2.24, 2.45) is 29.1 Å². The molecule has 0 radical (unpaired) electrons. The van der Waals surface area contributed by atoms with Crippen molar-refractivity contribution in [2.45, 2.75) is 32.3 Å². The average Bonchev–Trinajstić information content (AvgIpc) is 3.56. The number of aliphatic hydroxyl groups is 1. The van der Waals surface area contributed by atoms with Gasteiger partial charge in [-0.2, -0.15) is 4.90 Å². The summed E-state index contributed by atoms with van der Waals surface area (Å²) in [5, 5.41) is 9.39. The Morgan fingerprint density at radius 1 is 1.15 bits per heavy atom.